The maximum absolute atomic E-state index is 13.4. The number of carbonyl (C=O) groups is 2. The van der Waals surface area contributed by atoms with Gasteiger partial charge < -0.3 is 0 Å². The number of hydrogen-bond acceptors (Lipinski definition) is 3. The molecule has 146 valence electrons. The monoisotopic (exact) mass is 380 g/mol. The van der Waals surface area contributed by atoms with E-state index in [-0.39, 0.29) is 30.3 Å². The number of benzene rings is 2. The van der Waals surface area contributed by atoms with Gasteiger partial charge in [0.15, 0.2) is 0 Å². The molecule has 1 aliphatic heterocycles. The van der Waals surface area contributed by atoms with Crippen LogP contribution in [0.2, 0.25) is 0 Å². The zero-order chi connectivity index (χ0) is 19.7. The summed E-state index contributed by atoms with van der Waals surface area (Å²) in [6.45, 7) is 0.232. The van der Waals surface area contributed by atoms with Crippen LogP contribution in [0.4, 0.5) is 4.39 Å². The Morgan fingerprint density at radius 1 is 1.00 bits per heavy atom. The molecular weight excluding hydrogens is 355 g/mol. The van der Waals surface area contributed by atoms with E-state index < -0.39 is 5.41 Å². The lowest BCUT2D eigenvalue weighted by molar-refractivity contribution is -0.143. The van der Waals surface area contributed by atoms with Crippen molar-refractivity contribution in [2.45, 2.75) is 38.1 Å². The second-order valence-corrected chi connectivity index (χ2v) is 8.05. The third-order valence-corrected chi connectivity index (χ3v) is 6.16. The van der Waals surface area contributed by atoms with Crippen LogP contribution in [0.25, 0.3) is 0 Å². The van der Waals surface area contributed by atoms with E-state index in [4.69, 9.17) is 0 Å². The molecule has 1 heterocycles. The average molecular weight is 380 g/mol. The highest BCUT2D eigenvalue weighted by Gasteiger charge is 2.52. The predicted octanol–water partition coefficient (Wildman–Crippen LogP) is 4.12. The predicted molar refractivity (Wildman–Crippen MR) is 105 cm³/mol. The number of imide groups is 1. The van der Waals surface area contributed by atoms with Crippen LogP contribution in [0.3, 0.4) is 0 Å². The fourth-order valence-electron chi connectivity index (χ4n) is 4.73. The molecule has 1 aliphatic carbocycles. The van der Waals surface area contributed by atoms with Gasteiger partial charge in [0, 0.05) is 6.42 Å². The van der Waals surface area contributed by atoms with Crippen molar-refractivity contribution in [2.24, 2.45) is 5.41 Å². The number of amides is 2. The molecule has 1 saturated carbocycles. The van der Waals surface area contributed by atoms with Gasteiger partial charge >= 0.3 is 0 Å². The lowest BCUT2D eigenvalue weighted by Gasteiger charge is -2.32. The molecule has 0 bridgehead atoms. The van der Waals surface area contributed by atoms with Crippen molar-refractivity contribution in [1.82, 2.24) is 9.80 Å². The summed E-state index contributed by atoms with van der Waals surface area (Å²) in [6.07, 6.45) is 4.01. The fraction of sp³-hybridized carbons (Fsp3) is 0.391. The number of halogens is 1. The molecule has 0 unspecified atom stereocenters. The molecule has 2 fully saturated rings. The molecule has 2 aliphatic rings. The van der Waals surface area contributed by atoms with E-state index in [0.29, 0.717) is 6.42 Å². The number of rotatable bonds is 5. The summed E-state index contributed by atoms with van der Waals surface area (Å²) in [5, 5.41) is 0. The fourth-order valence-corrected chi connectivity index (χ4v) is 4.73. The molecule has 1 saturated heterocycles. The van der Waals surface area contributed by atoms with Crippen molar-refractivity contribution in [2.75, 3.05) is 13.7 Å². The molecule has 1 atom stereocenters. The average Bonchev–Trinajstić information content (AvgIpc) is 3.25. The number of hydrogen-bond donors (Lipinski definition) is 0. The zero-order valence-corrected chi connectivity index (χ0v) is 16.1. The van der Waals surface area contributed by atoms with Crippen molar-refractivity contribution in [3.63, 3.8) is 0 Å². The highest BCUT2D eigenvalue weighted by molar-refractivity contribution is 6.06. The van der Waals surface area contributed by atoms with Crippen LogP contribution >= 0.6 is 0 Å². The van der Waals surface area contributed by atoms with Gasteiger partial charge in [-0.25, -0.2) is 4.39 Å². The lowest BCUT2D eigenvalue weighted by Crippen LogP contribution is -2.43. The Balaban J connectivity index is 1.61. The number of carbonyl (C=O) groups excluding carboxylic acids is 2. The van der Waals surface area contributed by atoms with Gasteiger partial charge in [0.05, 0.1) is 18.1 Å². The first-order valence-corrected chi connectivity index (χ1v) is 9.86. The summed E-state index contributed by atoms with van der Waals surface area (Å²) in [5.41, 5.74) is 1.49. The van der Waals surface area contributed by atoms with E-state index in [1.807, 2.05) is 42.3 Å². The van der Waals surface area contributed by atoms with Gasteiger partial charge in [-0.2, -0.15) is 0 Å². The Hall–Kier alpha value is -2.53. The van der Waals surface area contributed by atoms with E-state index in [9.17, 15) is 14.0 Å². The minimum absolute atomic E-state index is 0.0206. The Morgan fingerprint density at radius 3 is 2.25 bits per heavy atom. The van der Waals surface area contributed by atoms with Gasteiger partial charge in [-0.05, 0) is 43.1 Å². The summed E-state index contributed by atoms with van der Waals surface area (Å²) < 4.78 is 13.4. The molecule has 0 aromatic heterocycles. The first-order valence-electron chi connectivity index (χ1n) is 9.86. The van der Waals surface area contributed by atoms with Gasteiger partial charge in [0.25, 0.3) is 0 Å². The SMILES string of the molecule is CN(CN1C(=O)CC2(CCCC2)C1=O)[C@H](c1ccccc1)c1ccc(F)cc1. The molecule has 28 heavy (non-hydrogen) atoms. The highest BCUT2D eigenvalue weighted by Crippen LogP contribution is 2.47. The molecular formula is C23H25FN2O2. The van der Waals surface area contributed by atoms with Crippen LogP contribution in [-0.2, 0) is 9.59 Å². The topological polar surface area (TPSA) is 40.6 Å². The van der Waals surface area contributed by atoms with Crippen LogP contribution in [0.1, 0.15) is 49.3 Å². The highest BCUT2D eigenvalue weighted by atomic mass is 19.1. The first-order chi connectivity index (χ1) is 13.5. The third-order valence-electron chi connectivity index (χ3n) is 6.16. The van der Waals surface area contributed by atoms with E-state index >= 15 is 0 Å². The minimum atomic E-state index is -0.462. The number of likely N-dealkylation sites (tertiary alicyclic amines) is 1. The Morgan fingerprint density at radius 2 is 1.61 bits per heavy atom. The van der Waals surface area contributed by atoms with Crippen molar-refractivity contribution >= 4 is 11.8 Å². The van der Waals surface area contributed by atoms with Crippen molar-refractivity contribution in [3.05, 3.63) is 71.5 Å². The lowest BCUT2D eigenvalue weighted by atomic mass is 9.85. The molecule has 4 rings (SSSR count). The van der Waals surface area contributed by atoms with Gasteiger partial charge in [-0.3, -0.25) is 19.4 Å². The molecule has 2 aromatic rings. The smallest absolute Gasteiger partial charge is 0.237 e. The molecule has 4 nitrogen and oxygen atoms in total. The van der Waals surface area contributed by atoms with E-state index in [1.165, 1.54) is 17.0 Å². The molecule has 2 aromatic carbocycles. The normalized spacial score (nSPS) is 19.8. The van der Waals surface area contributed by atoms with E-state index in [0.717, 1.165) is 36.8 Å². The quantitative estimate of drug-likeness (QED) is 0.733. The second kappa shape index (κ2) is 7.47. The first kappa shape index (κ1) is 18.8. The summed E-state index contributed by atoms with van der Waals surface area (Å²) in [7, 11) is 1.90. The minimum Gasteiger partial charge on any atom is -0.277 e. The van der Waals surface area contributed by atoms with Gasteiger partial charge in [0.1, 0.15) is 5.82 Å². The largest absolute Gasteiger partial charge is 0.277 e. The molecule has 2 amide bonds. The summed E-state index contributed by atoms with van der Waals surface area (Å²) in [5.74, 6) is -0.385. The summed E-state index contributed by atoms with van der Waals surface area (Å²) in [4.78, 5) is 29.1. The van der Waals surface area contributed by atoms with E-state index in [2.05, 4.69) is 0 Å². The van der Waals surface area contributed by atoms with Crippen LogP contribution in [-0.4, -0.2) is 35.3 Å². The van der Waals surface area contributed by atoms with Gasteiger partial charge in [0.2, 0.25) is 11.8 Å². The molecule has 5 heteroatoms. The third kappa shape index (κ3) is 3.35. The van der Waals surface area contributed by atoms with Gasteiger partial charge in [-0.1, -0.05) is 55.3 Å². The van der Waals surface area contributed by atoms with Gasteiger partial charge in [-0.15, -0.1) is 0 Å². The van der Waals surface area contributed by atoms with E-state index in [1.54, 1.807) is 12.1 Å². The zero-order valence-electron chi connectivity index (χ0n) is 16.1. The Bertz CT molecular complexity index is 860. The second-order valence-electron chi connectivity index (χ2n) is 8.05. The van der Waals surface area contributed by atoms with Crippen LogP contribution in [0, 0.1) is 11.2 Å². The van der Waals surface area contributed by atoms with Crippen LogP contribution < -0.4 is 0 Å². The van der Waals surface area contributed by atoms with Crippen LogP contribution in [0.5, 0.6) is 0 Å². The molecule has 0 N–H and O–H groups in total. The molecule has 0 radical (unpaired) electrons. The van der Waals surface area contributed by atoms with Crippen molar-refractivity contribution in [3.8, 4) is 0 Å². The van der Waals surface area contributed by atoms with Crippen molar-refractivity contribution < 1.29 is 14.0 Å². The van der Waals surface area contributed by atoms with Crippen LogP contribution in [0.15, 0.2) is 54.6 Å². The standard InChI is InChI=1S/C23H25FN2O2/c1-25(16-26-20(27)15-23(22(26)28)13-5-6-14-23)21(17-7-3-2-4-8-17)18-9-11-19(24)12-10-18/h2-4,7-12,21H,5-6,13-16H2,1H3/t21-/m1/s1. The Labute approximate surface area is 164 Å². The maximum atomic E-state index is 13.4. The maximum Gasteiger partial charge on any atom is 0.237 e. The molecule has 1 spiro atoms. The summed E-state index contributed by atoms with van der Waals surface area (Å²) >= 11 is 0. The van der Waals surface area contributed by atoms with Crippen molar-refractivity contribution in [1.29, 1.82) is 0 Å². The number of nitrogens with zero attached hydrogens (tertiary/aromatic N) is 2. The Kier molecular flexibility index (Phi) is 5.02. The summed E-state index contributed by atoms with van der Waals surface area (Å²) in [6, 6.07) is 16.1.